The van der Waals surface area contributed by atoms with Crippen molar-refractivity contribution in [1.82, 2.24) is 25.0 Å². The predicted molar refractivity (Wildman–Crippen MR) is 103 cm³/mol. The van der Waals surface area contributed by atoms with Gasteiger partial charge >= 0.3 is 0 Å². The smallest absolute Gasteiger partial charge is 0.225 e. The second-order valence-corrected chi connectivity index (χ2v) is 6.79. The summed E-state index contributed by atoms with van der Waals surface area (Å²) in [4.78, 5) is 30.9. The monoisotopic (exact) mass is 375 g/mol. The minimum absolute atomic E-state index is 0.0113. The maximum atomic E-state index is 12.6. The maximum Gasteiger partial charge on any atom is 0.225 e. The number of aromatic nitrogens is 3. The van der Waals surface area contributed by atoms with Crippen LogP contribution in [0, 0.1) is 5.92 Å². The lowest BCUT2D eigenvalue weighted by Crippen LogP contribution is -2.32. The Kier molecular flexibility index (Phi) is 5.14. The molecule has 1 saturated heterocycles. The molecule has 0 bridgehead atoms. The summed E-state index contributed by atoms with van der Waals surface area (Å²) in [6, 6.07) is 15.3. The number of amides is 2. The van der Waals surface area contributed by atoms with Crippen molar-refractivity contribution in [3.8, 4) is 5.69 Å². The Morgan fingerprint density at radius 2 is 1.96 bits per heavy atom. The minimum Gasteiger partial charge on any atom is -0.352 e. The Morgan fingerprint density at radius 3 is 2.75 bits per heavy atom. The van der Waals surface area contributed by atoms with Gasteiger partial charge in [0.2, 0.25) is 11.8 Å². The number of benzene rings is 1. The van der Waals surface area contributed by atoms with E-state index in [9.17, 15) is 9.59 Å². The molecule has 1 aliphatic rings. The quantitative estimate of drug-likeness (QED) is 0.714. The molecule has 0 spiro atoms. The average molecular weight is 375 g/mol. The SMILES string of the molecule is O=C(NCc1ccccc1-n1cccn1)[C@H]1CC(=O)N(Cc2ccccn2)C1. The Morgan fingerprint density at radius 1 is 1.11 bits per heavy atom. The van der Waals surface area contributed by atoms with E-state index in [0.29, 0.717) is 19.6 Å². The van der Waals surface area contributed by atoms with E-state index in [1.165, 1.54) is 0 Å². The summed E-state index contributed by atoms with van der Waals surface area (Å²) in [6.07, 6.45) is 5.53. The molecule has 7 heteroatoms. The predicted octanol–water partition coefficient (Wildman–Crippen LogP) is 1.93. The molecule has 0 aliphatic carbocycles. The van der Waals surface area contributed by atoms with Crippen LogP contribution in [0.4, 0.5) is 0 Å². The number of hydrogen-bond donors (Lipinski definition) is 1. The van der Waals surface area contributed by atoms with E-state index >= 15 is 0 Å². The average Bonchev–Trinajstić information content (AvgIpc) is 3.38. The van der Waals surface area contributed by atoms with Gasteiger partial charge in [0, 0.05) is 38.1 Å². The highest BCUT2D eigenvalue weighted by atomic mass is 16.2. The molecule has 28 heavy (non-hydrogen) atoms. The topological polar surface area (TPSA) is 80.1 Å². The molecular weight excluding hydrogens is 354 g/mol. The molecule has 3 aromatic rings. The Labute approximate surface area is 163 Å². The zero-order valence-corrected chi connectivity index (χ0v) is 15.4. The summed E-state index contributed by atoms with van der Waals surface area (Å²) in [5.41, 5.74) is 2.71. The summed E-state index contributed by atoms with van der Waals surface area (Å²) >= 11 is 0. The zero-order valence-electron chi connectivity index (χ0n) is 15.4. The fourth-order valence-corrected chi connectivity index (χ4v) is 3.41. The number of hydrogen-bond acceptors (Lipinski definition) is 4. The molecule has 142 valence electrons. The van der Waals surface area contributed by atoms with Gasteiger partial charge in [0.15, 0.2) is 0 Å². The molecule has 1 N–H and O–H groups in total. The summed E-state index contributed by atoms with van der Waals surface area (Å²) in [7, 11) is 0. The lowest BCUT2D eigenvalue weighted by Gasteiger charge is -2.16. The molecule has 4 rings (SSSR count). The van der Waals surface area contributed by atoms with Crippen molar-refractivity contribution in [3.63, 3.8) is 0 Å². The third kappa shape index (κ3) is 3.93. The molecule has 1 aromatic carbocycles. The highest BCUT2D eigenvalue weighted by Gasteiger charge is 2.34. The van der Waals surface area contributed by atoms with Crippen LogP contribution in [0.25, 0.3) is 5.69 Å². The van der Waals surface area contributed by atoms with Crippen molar-refractivity contribution < 1.29 is 9.59 Å². The van der Waals surface area contributed by atoms with E-state index in [1.54, 1.807) is 22.0 Å². The number of likely N-dealkylation sites (tertiary alicyclic amines) is 1. The number of nitrogens with one attached hydrogen (secondary N) is 1. The Balaban J connectivity index is 1.37. The van der Waals surface area contributed by atoms with Crippen molar-refractivity contribution in [2.24, 2.45) is 5.92 Å². The van der Waals surface area contributed by atoms with Crippen LogP contribution in [-0.4, -0.2) is 38.0 Å². The van der Waals surface area contributed by atoms with E-state index in [1.807, 2.05) is 54.7 Å². The molecule has 0 unspecified atom stereocenters. The summed E-state index contributed by atoms with van der Waals surface area (Å²) in [6.45, 7) is 1.24. The van der Waals surface area contributed by atoms with E-state index in [2.05, 4.69) is 15.4 Å². The van der Waals surface area contributed by atoms with Crippen LogP contribution < -0.4 is 5.32 Å². The minimum atomic E-state index is -0.340. The van der Waals surface area contributed by atoms with Crippen molar-refractivity contribution in [2.75, 3.05) is 6.54 Å². The van der Waals surface area contributed by atoms with Crippen LogP contribution in [0.3, 0.4) is 0 Å². The largest absolute Gasteiger partial charge is 0.352 e. The number of nitrogens with zero attached hydrogens (tertiary/aromatic N) is 4. The number of carbonyl (C=O) groups excluding carboxylic acids is 2. The summed E-state index contributed by atoms with van der Waals surface area (Å²) in [5, 5.41) is 7.23. The first-order chi connectivity index (χ1) is 13.7. The second kappa shape index (κ2) is 8.04. The fraction of sp³-hybridized carbons (Fsp3) is 0.238. The second-order valence-electron chi connectivity index (χ2n) is 6.79. The van der Waals surface area contributed by atoms with Gasteiger partial charge in [-0.25, -0.2) is 4.68 Å². The summed E-state index contributed by atoms with van der Waals surface area (Å²) in [5.74, 6) is -0.456. The Bertz CT molecular complexity index is 956. The molecule has 0 saturated carbocycles. The van der Waals surface area contributed by atoms with E-state index < -0.39 is 0 Å². The van der Waals surface area contributed by atoms with E-state index in [0.717, 1.165) is 16.9 Å². The number of para-hydroxylation sites is 1. The fourth-order valence-electron chi connectivity index (χ4n) is 3.41. The molecule has 2 aromatic heterocycles. The van der Waals surface area contributed by atoms with E-state index in [-0.39, 0.29) is 24.2 Å². The van der Waals surface area contributed by atoms with Crippen LogP contribution in [-0.2, 0) is 22.7 Å². The van der Waals surface area contributed by atoms with Crippen molar-refractivity contribution in [2.45, 2.75) is 19.5 Å². The first kappa shape index (κ1) is 17.9. The third-order valence-corrected chi connectivity index (χ3v) is 4.86. The molecule has 2 amide bonds. The molecule has 1 aliphatic heterocycles. The van der Waals surface area contributed by atoms with Crippen LogP contribution in [0.2, 0.25) is 0 Å². The van der Waals surface area contributed by atoms with Crippen LogP contribution in [0.5, 0.6) is 0 Å². The van der Waals surface area contributed by atoms with Crippen LogP contribution >= 0.6 is 0 Å². The van der Waals surface area contributed by atoms with Gasteiger partial charge < -0.3 is 10.2 Å². The molecule has 3 heterocycles. The van der Waals surface area contributed by atoms with Gasteiger partial charge in [-0.2, -0.15) is 5.10 Å². The highest BCUT2D eigenvalue weighted by Crippen LogP contribution is 2.20. The first-order valence-corrected chi connectivity index (χ1v) is 9.24. The van der Waals surface area contributed by atoms with Gasteiger partial charge in [-0.05, 0) is 29.8 Å². The number of rotatable bonds is 6. The Hall–Kier alpha value is -3.48. The zero-order chi connectivity index (χ0) is 19.3. The van der Waals surface area contributed by atoms with Gasteiger partial charge in [-0.3, -0.25) is 14.6 Å². The third-order valence-electron chi connectivity index (χ3n) is 4.86. The molecule has 1 atom stereocenters. The number of pyridine rings is 1. The first-order valence-electron chi connectivity index (χ1n) is 9.24. The molecule has 7 nitrogen and oxygen atoms in total. The van der Waals surface area contributed by atoms with Crippen LogP contribution in [0.15, 0.2) is 67.1 Å². The number of carbonyl (C=O) groups is 2. The van der Waals surface area contributed by atoms with E-state index in [4.69, 9.17) is 0 Å². The molecule has 0 radical (unpaired) electrons. The highest BCUT2D eigenvalue weighted by molar-refractivity contribution is 5.89. The lowest BCUT2D eigenvalue weighted by atomic mass is 10.1. The molecule has 1 fully saturated rings. The summed E-state index contributed by atoms with van der Waals surface area (Å²) < 4.78 is 1.77. The van der Waals surface area contributed by atoms with Crippen molar-refractivity contribution >= 4 is 11.8 Å². The van der Waals surface area contributed by atoms with Crippen LogP contribution in [0.1, 0.15) is 17.7 Å². The van der Waals surface area contributed by atoms with Gasteiger partial charge in [0.05, 0.1) is 23.8 Å². The van der Waals surface area contributed by atoms with Crippen molar-refractivity contribution in [1.29, 1.82) is 0 Å². The molecular formula is C21H21N5O2. The van der Waals surface area contributed by atoms with Crippen molar-refractivity contribution in [3.05, 3.63) is 78.4 Å². The lowest BCUT2D eigenvalue weighted by molar-refractivity contribution is -0.129. The standard InChI is InChI=1S/C21H21N5O2/c27-20-12-17(14-25(20)15-18-7-3-4-9-22-18)21(28)23-13-16-6-1-2-8-19(16)26-11-5-10-24-26/h1-11,17H,12-15H2,(H,23,28)/t17-/m0/s1. The normalized spacial score (nSPS) is 16.4. The maximum absolute atomic E-state index is 12.6. The van der Waals surface area contributed by atoms with Gasteiger partial charge in [-0.1, -0.05) is 24.3 Å². The van der Waals surface area contributed by atoms with Gasteiger partial charge in [0.1, 0.15) is 0 Å². The van der Waals surface area contributed by atoms with Gasteiger partial charge in [0.25, 0.3) is 0 Å². The van der Waals surface area contributed by atoms with Gasteiger partial charge in [-0.15, -0.1) is 0 Å².